The minimum atomic E-state index is -0.315. The van der Waals surface area contributed by atoms with E-state index >= 15 is 0 Å². The first-order valence-corrected chi connectivity index (χ1v) is 7.16. The third-order valence-corrected chi connectivity index (χ3v) is 4.18. The summed E-state index contributed by atoms with van der Waals surface area (Å²) in [6.07, 6.45) is 2.19. The van der Waals surface area contributed by atoms with Gasteiger partial charge in [-0.1, -0.05) is 17.7 Å². The Bertz CT molecular complexity index is 511. The minimum Gasteiger partial charge on any atom is -0.376 e. The molecule has 108 valence electrons. The molecule has 2 unspecified atom stereocenters. The van der Waals surface area contributed by atoms with E-state index in [2.05, 4.69) is 4.99 Å². The van der Waals surface area contributed by atoms with Crippen molar-refractivity contribution in [1.82, 2.24) is 4.90 Å². The molecule has 2 heterocycles. The fourth-order valence-corrected chi connectivity index (χ4v) is 3.12. The van der Waals surface area contributed by atoms with E-state index in [0.717, 1.165) is 19.4 Å². The molecule has 0 amide bonds. The summed E-state index contributed by atoms with van der Waals surface area (Å²) in [4.78, 5) is 6.14. The molecule has 0 aliphatic carbocycles. The van der Waals surface area contributed by atoms with Crippen LogP contribution in [0.4, 0.5) is 4.39 Å². The summed E-state index contributed by atoms with van der Waals surface area (Å²) in [6, 6.07) is 4.47. The number of rotatable bonds is 3. The topological polar surface area (TPSA) is 50.8 Å². The summed E-state index contributed by atoms with van der Waals surface area (Å²) in [5.74, 6) is 0.120. The molecule has 0 saturated carbocycles. The van der Waals surface area contributed by atoms with Crippen molar-refractivity contribution in [2.45, 2.75) is 25.0 Å². The van der Waals surface area contributed by atoms with E-state index in [1.165, 1.54) is 6.07 Å². The molecular weight excluding hydrogens is 281 g/mol. The lowest BCUT2D eigenvalue weighted by atomic mass is 10.0. The van der Waals surface area contributed by atoms with Crippen LogP contribution in [0.2, 0.25) is 5.02 Å². The minimum absolute atomic E-state index is 0.134. The lowest BCUT2D eigenvalue weighted by molar-refractivity contribution is 0.0849. The number of aliphatic imine (C=N–C) groups is 1. The van der Waals surface area contributed by atoms with Crippen LogP contribution in [-0.4, -0.2) is 36.7 Å². The summed E-state index contributed by atoms with van der Waals surface area (Å²) in [6.45, 7) is 1.84. The lowest BCUT2D eigenvalue weighted by Crippen LogP contribution is -2.41. The second-order valence-electron chi connectivity index (χ2n) is 5.14. The van der Waals surface area contributed by atoms with Crippen molar-refractivity contribution in [3.8, 4) is 0 Å². The van der Waals surface area contributed by atoms with E-state index < -0.39 is 0 Å². The standard InChI is InChI=1S/C14H17ClFN3O/c15-10-4-1-5-11(16)13(10)12-7-18-14(17)19(12)8-9-3-2-6-20-9/h1,4-5,9,12H,2-3,6-8H2,(H2,17,18). The van der Waals surface area contributed by atoms with Crippen LogP contribution in [-0.2, 0) is 4.74 Å². The van der Waals surface area contributed by atoms with Gasteiger partial charge in [0.25, 0.3) is 0 Å². The third kappa shape index (κ3) is 2.47. The van der Waals surface area contributed by atoms with Gasteiger partial charge in [0, 0.05) is 23.7 Å². The number of ether oxygens (including phenoxy) is 1. The highest BCUT2D eigenvalue weighted by atomic mass is 35.5. The van der Waals surface area contributed by atoms with E-state index in [9.17, 15) is 4.39 Å². The SMILES string of the molecule is NC1=NCC(c2c(F)cccc2Cl)N1CC1CCCO1. The zero-order valence-electron chi connectivity index (χ0n) is 11.1. The number of nitrogens with zero attached hydrogens (tertiary/aromatic N) is 2. The van der Waals surface area contributed by atoms with Crippen molar-refractivity contribution in [3.05, 3.63) is 34.6 Å². The van der Waals surface area contributed by atoms with Crippen molar-refractivity contribution < 1.29 is 9.13 Å². The van der Waals surface area contributed by atoms with Crippen molar-refractivity contribution >= 4 is 17.6 Å². The lowest BCUT2D eigenvalue weighted by Gasteiger charge is -2.29. The van der Waals surface area contributed by atoms with E-state index in [1.54, 1.807) is 12.1 Å². The van der Waals surface area contributed by atoms with Crippen molar-refractivity contribution in [1.29, 1.82) is 0 Å². The zero-order chi connectivity index (χ0) is 14.1. The molecule has 1 aromatic carbocycles. The van der Waals surface area contributed by atoms with Crippen LogP contribution in [0.15, 0.2) is 23.2 Å². The van der Waals surface area contributed by atoms with Crippen LogP contribution >= 0.6 is 11.6 Å². The molecule has 2 aliphatic heterocycles. The maximum atomic E-state index is 14.1. The van der Waals surface area contributed by atoms with Gasteiger partial charge in [-0.15, -0.1) is 0 Å². The Labute approximate surface area is 122 Å². The van der Waals surface area contributed by atoms with Gasteiger partial charge in [0.1, 0.15) is 5.82 Å². The fourth-order valence-electron chi connectivity index (χ4n) is 2.83. The predicted octanol–water partition coefficient (Wildman–Crippen LogP) is 2.33. The van der Waals surface area contributed by atoms with Gasteiger partial charge in [0.2, 0.25) is 0 Å². The molecular formula is C14H17ClFN3O. The maximum Gasteiger partial charge on any atom is 0.192 e. The number of guanidine groups is 1. The normalized spacial score (nSPS) is 26.1. The molecule has 3 rings (SSSR count). The second kappa shape index (κ2) is 5.58. The van der Waals surface area contributed by atoms with Gasteiger partial charge in [-0.25, -0.2) is 4.39 Å². The Balaban J connectivity index is 1.85. The number of hydrogen-bond acceptors (Lipinski definition) is 4. The summed E-state index contributed by atoms with van der Waals surface area (Å²) in [5, 5.41) is 0.414. The summed E-state index contributed by atoms with van der Waals surface area (Å²) in [5.41, 5.74) is 6.41. The third-order valence-electron chi connectivity index (χ3n) is 3.85. The molecule has 1 aromatic rings. The highest BCUT2D eigenvalue weighted by Crippen LogP contribution is 2.33. The monoisotopic (exact) mass is 297 g/mol. The Morgan fingerprint density at radius 3 is 3.05 bits per heavy atom. The zero-order valence-corrected chi connectivity index (χ0v) is 11.8. The molecule has 1 fully saturated rings. The molecule has 20 heavy (non-hydrogen) atoms. The number of benzene rings is 1. The predicted molar refractivity (Wildman–Crippen MR) is 76.3 cm³/mol. The number of nitrogens with two attached hydrogens (primary N) is 1. The van der Waals surface area contributed by atoms with Gasteiger partial charge in [-0.3, -0.25) is 4.99 Å². The Kier molecular flexibility index (Phi) is 3.81. The Morgan fingerprint density at radius 2 is 2.35 bits per heavy atom. The number of hydrogen-bond donors (Lipinski definition) is 1. The largest absolute Gasteiger partial charge is 0.376 e. The molecule has 0 radical (unpaired) electrons. The maximum absolute atomic E-state index is 14.1. The van der Waals surface area contributed by atoms with Gasteiger partial charge in [-0.05, 0) is 25.0 Å². The first-order chi connectivity index (χ1) is 9.66. The molecule has 0 aromatic heterocycles. The van der Waals surface area contributed by atoms with Crippen LogP contribution in [0.5, 0.6) is 0 Å². The Morgan fingerprint density at radius 1 is 1.50 bits per heavy atom. The second-order valence-corrected chi connectivity index (χ2v) is 5.54. The summed E-state index contributed by atoms with van der Waals surface area (Å²) in [7, 11) is 0. The van der Waals surface area contributed by atoms with Crippen LogP contribution in [0.1, 0.15) is 24.4 Å². The first kappa shape index (κ1) is 13.6. The van der Waals surface area contributed by atoms with Crippen molar-refractivity contribution in [3.63, 3.8) is 0 Å². The number of halogens is 2. The molecule has 0 bridgehead atoms. The molecule has 2 atom stereocenters. The van der Waals surface area contributed by atoms with Gasteiger partial charge in [0.05, 0.1) is 18.7 Å². The van der Waals surface area contributed by atoms with Crippen molar-refractivity contribution in [2.24, 2.45) is 10.7 Å². The molecule has 0 spiro atoms. The van der Waals surface area contributed by atoms with E-state index in [0.29, 0.717) is 29.6 Å². The fraction of sp³-hybridized carbons (Fsp3) is 0.500. The van der Waals surface area contributed by atoms with Crippen LogP contribution in [0.3, 0.4) is 0 Å². The molecule has 1 saturated heterocycles. The highest BCUT2D eigenvalue weighted by molar-refractivity contribution is 6.31. The summed E-state index contributed by atoms with van der Waals surface area (Å²) < 4.78 is 19.7. The van der Waals surface area contributed by atoms with Crippen LogP contribution in [0, 0.1) is 5.82 Å². The average molecular weight is 298 g/mol. The van der Waals surface area contributed by atoms with E-state index in [-0.39, 0.29) is 18.0 Å². The van der Waals surface area contributed by atoms with E-state index in [1.807, 2.05) is 4.90 Å². The van der Waals surface area contributed by atoms with Gasteiger partial charge < -0.3 is 15.4 Å². The highest BCUT2D eigenvalue weighted by Gasteiger charge is 2.33. The van der Waals surface area contributed by atoms with Gasteiger partial charge in [-0.2, -0.15) is 0 Å². The molecule has 4 nitrogen and oxygen atoms in total. The average Bonchev–Trinajstić information content (AvgIpc) is 3.03. The summed E-state index contributed by atoms with van der Waals surface area (Å²) >= 11 is 6.15. The van der Waals surface area contributed by atoms with Crippen LogP contribution in [0.25, 0.3) is 0 Å². The quantitative estimate of drug-likeness (QED) is 0.931. The van der Waals surface area contributed by atoms with Crippen LogP contribution < -0.4 is 5.73 Å². The van der Waals surface area contributed by atoms with Crippen molar-refractivity contribution in [2.75, 3.05) is 19.7 Å². The van der Waals surface area contributed by atoms with E-state index in [4.69, 9.17) is 22.1 Å². The first-order valence-electron chi connectivity index (χ1n) is 6.79. The molecule has 2 N–H and O–H groups in total. The Hall–Kier alpha value is -1.33. The molecule has 2 aliphatic rings. The smallest absolute Gasteiger partial charge is 0.192 e. The van der Waals surface area contributed by atoms with Gasteiger partial charge in [0.15, 0.2) is 5.96 Å². The molecule has 6 heteroatoms. The van der Waals surface area contributed by atoms with Gasteiger partial charge >= 0.3 is 0 Å².